The van der Waals surface area contributed by atoms with Gasteiger partial charge in [-0.15, -0.1) is 0 Å². The van der Waals surface area contributed by atoms with Crippen LogP contribution in [-0.4, -0.2) is 36.4 Å². The molecule has 2 aliphatic rings. The zero-order chi connectivity index (χ0) is 20.1. The SMILES string of the molecule is Cc1cccnc1-n1c(C)cc([C@@H]2[C@H](c3ccccn3)N=C3S[C@@H](C)CN32)c1C. The standard InChI is InChI=1S/C23H25N5S/c1-14-8-7-11-25-22(14)28-15(2)12-18(17(28)4)21-20(19-9-5-6-10-24-19)26-23-27(21)13-16(3)29-23/h5-12,16,20-21H,13H2,1-4H3/t16-,20-,21+/m0/s1. The normalized spacial score (nSPS) is 23.4. The molecule has 3 aromatic heterocycles. The maximum absolute atomic E-state index is 5.12. The average molecular weight is 404 g/mol. The molecule has 0 N–H and O–H groups in total. The summed E-state index contributed by atoms with van der Waals surface area (Å²) < 4.78 is 2.28. The molecule has 5 nitrogen and oxygen atoms in total. The number of pyridine rings is 2. The molecule has 0 amide bonds. The number of aryl methyl sites for hydroxylation is 2. The summed E-state index contributed by atoms with van der Waals surface area (Å²) in [6, 6.07) is 12.7. The van der Waals surface area contributed by atoms with Gasteiger partial charge < -0.3 is 9.47 Å². The minimum Gasteiger partial charge on any atom is -0.341 e. The lowest BCUT2D eigenvalue weighted by Gasteiger charge is -2.27. The molecule has 5 rings (SSSR count). The van der Waals surface area contributed by atoms with Gasteiger partial charge in [0.1, 0.15) is 11.9 Å². The molecule has 1 fully saturated rings. The Morgan fingerprint density at radius 3 is 2.62 bits per heavy atom. The van der Waals surface area contributed by atoms with E-state index in [9.17, 15) is 0 Å². The van der Waals surface area contributed by atoms with E-state index >= 15 is 0 Å². The lowest BCUT2D eigenvalue weighted by molar-refractivity contribution is 0.320. The molecular formula is C23H25N5S. The fourth-order valence-electron chi connectivity index (χ4n) is 4.58. The van der Waals surface area contributed by atoms with Gasteiger partial charge >= 0.3 is 0 Å². The first-order valence-corrected chi connectivity index (χ1v) is 11.0. The molecule has 0 unspecified atom stereocenters. The van der Waals surface area contributed by atoms with Crippen molar-refractivity contribution in [2.45, 2.75) is 45.0 Å². The monoisotopic (exact) mass is 403 g/mol. The van der Waals surface area contributed by atoms with Crippen LogP contribution < -0.4 is 0 Å². The molecule has 29 heavy (non-hydrogen) atoms. The Morgan fingerprint density at radius 2 is 1.86 bits per heavy atom. The Labute approximate surface area is 175 Å². The van der Waals surface area contributed by atoms with Gasteiger partial charge in [-0.1, -0.05) is 30.8 Å². The van der Waals surface area contributed by atoms with Crippen LogP contribution in [0.4, 0.5) is 0 Å². The van der Waals surface area contributed by atoms with E-state index in [0.717, 1.165) is 23.2 Å². The Morgan fingerprint density at radius 1 is 1.03 bits per heavy atom. The summed E-state index contributed by atoms with van der Waals surface area (Å²) in [5.74, 6) is 1.01. The van der Waals surface area contributed by atoms with E-state index in [1.807, 2.05) is 36.3 Å². The van der Waals surface area contributed by atoms with Crippen molar-refractivity contribution in [1.82, 2.24) is 19.4 Å². The summed E-state index contributed by atoms with van der Waals surface area (Å²) in [6.07, 6.45) is 3.74. The number of aliphatic imine (C=N–C) groups is 1. The molecule has 3 atom stereocenters. The second kappa shape index (κ2) is 7.02. The predicted molar refractivity (Wildman–Crippen MR) is 119 cm³/mol. The highest BCUT2D eigenvalue weighted by Crippen LogP contribution is 2.48. The molecule has 1 saturated heterocycles. The van der Waals surface area contributed by atoms with E-state index in [0.29, 0.717) is 5.25 Å². The maximum atomic E-state index is 5.12. The molecule has 0 saturated carbocycles. The van der Waals surface area contributed by atoms with E-state index in [4.69, 9.17) is 4.99 Å². The van der Waals surface area contributed by atoms with Gasteiger partial charge in [0.25, 0.3) is 0 Å². The lowest BCUT2D eigenvalue weighted by Crippen LogP contribution is -2.29. The number of rotatable bonds is 3. The fourth-order valence-corrected chi connectivity index (χ4v) is 5.67. The van der Waals surface area contributed by atoms with Gasteiger partial charge in [-0.2, -0.15) is 0 Å². The van der Waals surface area contributed by atoms with Gasteiger partial charge in [0.15, 0.2) is 5.17 Å². The van der Waals surface area contributed by atoms with Crippen LogP contribution in [0, 0.1) is 20.8 Å². The summed E-state index contributed by atoms with van der Waals surface area (Å²) >= 11 is 1.88. The maximum Gasteiger partial charge on any atom is 0.160 e. The highest BCUT2D eigenvalue weighted by molar-refractivity contribution is 8.14. The smallest absolute Gasteiger partial charge is 0.160 e. The van der Waals surface area contributed by atoms with Crippen molar-refractivity contribution in [3.63, 3.8) is 0 Å². The summed E-state index contributed by atoms with van der Waals surface area (Å²) in [5, 5.41) is 1.71. The first kappa shape index (κ1) is 18.4. The van der Waals surface area contributed by atoms with E-state index in [2.05, 4.69) is 71.4 Å². The Hall–Kier alpha value is -2.60. The number of nitrogens with zero attached hydrogens (tertiary/aromatic N) is 5. The van der Waals surface area contributed by atoms with E-state index in [-0.39, 0.29) is 12.1 Å². The fraction of sp³-hybridized carbons (Fsp3) is 0.348. The summed E-state index contributed by atoms with van der Waals surface area (Å²) in [4.78, 5) is 16.9. The molecule has 3 aromatic rings. The zero-order valence-corrected chi connectivity index (χ0v) is 18.0. The van der Waals surface area contributed by atoms with Crippen LogP contribution in [0.1, 0.15) is 47.2 Å². The van der Waals surface area contributed by atoms with Crippen LogP contribution in [0.3, 0.4) is 0 Å². The molecule has 0 radical (unpaired) electrons. The van der Waals surface area contributed by atoms with Crippen molar-refractivity contribution in [3.8, 4) is 5.82 Å². The van der Waals surface area contributed by atoms with Gasteiger partial charge in [0, 0.05) is 35.6 Å². The van der Waals surface area contributed by atoms with Crippen LogP contribution in [-0.2, 0) is 0 Å². The van der Waals surface area contributed by atoms with Crippen molar-refractivity contribution in [1.29, 1.82) is 0 Å². The number of amidine groups is 1. The first-order valence-electron chi connectivity index (χ1n) is 10.1. The highest BCUT2D eigenvalue weighted by atomic mass is 32.2. The van der Waals surface area contributed by atoms with Gasteiger partial charge in [0.2, 0.25) is 0 Å². The summed E-state index contributed by atoms with van der Waals surface area (Å²) in [7, 11) is 0. The molecule has 5 heterocycles. The van der Waals surface area contributed by atoms with E-state index in [1.165, 1.54) is 22.5 Å². The van der Waals surface area contributed by atoms with Gasteiger partial charge in [0.05, 0.1) is 11.7 Å². The molecule has 0 spiro atoms. The van der Waals surface area contributed by atoms with Crippen molar-refractivity contribution in [3.05, 3.63) is 77.0 Å². The number of hydrogen-bond acceptors (Lipinski definition) is 5. The van der Waals surface area contributed by atoms with Gasteiger partial charge in [-0.25, -0.2) is 4.98 Å². The zero-order valence-electron chi connectivity index (χ0n) is 17.2. The van der Waals surface area contributed by atoms with Crippen molar-refractivity contribution >= 4 is 16.9 Å². The third-order valence-electron chi connectivity index (χ3n) is 5.86. The Balaban J connectivity index is 1.64. The number of aromatic nitrogens is 3. The highest BCUT2D eigenvalue weighted by Gasteiger charge is 2.44. The van der Waals surface area contributed by atoms with Gasteiger partial charge in [-0.3, -0.25) is 9.98 Å². The Bertz CT molecular complexity index is 1090. The van der Waals surface area contributed by atoms with E-state index < -0.39 is 0 Å². The number of thioether (sulfide) groups is 1. The minimum atomic E-state index is 0.0185. The second-order valence-corrected chi connectivity index (χ2v) is 9.35. The molecule has 0 bridgehead atoms. The van der Waals surface area contributed by atoms with Crippen molar-refractivity contribution < 1.29 is 0 Å². The molecule has 0 aromatic carbocycles. The molecular weight excluding hydrogens is 378 g/mol. The summed E-state index contributed by atoms with van der Waals surface area (Å²) in [5.41, 5.74) is 5.96. The van der Waals surface area contributed by atoms with Crippen LogP contribution in [0.5, 0.6) is 0 Å². The largest absolute Gasteiger partial charge is 0.341 e. The molecule has 6 heteroatoms. The second-order valence-electron chi connectivity index (χ2n) is 7.94. The average Bonchev–Trinajstić information content (AvgIpc) is 3.33. The minimum absolute atomic E-state index is 0.0185. The van der Waals surface area contributed by atoms with Crippen LogP contribution in [0.25, 0.3) is 5.82 Å². The van der Waals surface area contributed by atoms with Gasteiger partial charge in [-0.05, 0) is 56.2 Å². The molecule has 148 valence electrons. The molecule has 2 aliphatic heterocycles. The predicted octanol–water partition coefficient (Wildman–Crippen LogP) is 4.78. The van der Waals surface area contributed by atoms with Crippen molar-refractivity contribution in [2.24, 2.45) is 4.99 Å². The van der Waals surface area contributed by atoms with Crippen LogP contribution in [0.2, 0.25) is 0 Å². The Kier molecular flexibility index (Phi) is 4.46. The topological polar surface area (TPSA) is 46.3 Å². The third kappa shape index (κ3) is 2.97. The molecule has 0 aliphatic carbocycles. The van der Waals surface area contributed by atoms with Crippen molar-refractivity contribution in [2.75, 3.05) is 6.54 Å². The first-order chi connectivity index (χ1) is 14.0. The lowest BCUT2D eigenvalue weighted by atomic mass is 9.96. The quantitative estimate of drug-likeness (QED) is 0.631. The number of fused-ring (bicyclic) bond motifs is 1. The summed E-state index contributed by atoms with van der Waals surface area (Å²) in [6.45, 7) is 9.78. The number of hydrogen-bond donors (Lipinski definition) is 0. The van der Waals surface area contributed by atoms with Crippen LogP contribution in [0.15, 0.2) is 53.8 Å². The van der Waals surface area contributed by atoms with E-state index in [1.54, 1.807) is 0 Å². The van der Waals surface area contributed by atoms with Crippen LogP contribution >= 0.6 is 11.8 Å². The third-order valence-corrected chi connectivity index (χ3v) is 6.97.